The van der Waals surface area contributed by atoms with Crippen molar-refractivity contribution in [1.82, 2.24) is 14.5 Å². The summed E-state index contributed by atoms with van der Waals surface area (Å²) >= 11 is 0. The van der Waals surface area contributed by atoms with Gasteiger partial charge in [-0.25, -0.2) is 4.98 Å². The quantitative estimate of drug-likeness (QED) is 0.794. The van der Waals surface area contributed by atoms with Crippen LogP contribution in [0.15, 0.2) is 10.9 Å². The lowest BCUT2D eigenvalue weighted by molar-refractivity contribution is 0.0585. The van der Waals surface area contributed by atoms with Gasteiger partial charge in [0.1, 0.15) is 13.5 Å². The molecule has 0 spiro atoms. The van der Waals surface area contributed by atoms with Crippen LogP contribution in [0.25, 0.3) is 11.0 Å². The third kappa shape index (κ3) is 2.50. The summed E-state index contributed by atoms with van der Waals surface area (Å²) in [5.41, 5.74) is 8.00. The van der Waals surface area contributed by atoms with E-state index in [-0.39, 0.29) is 17.5 Å². The van der Waals surface area contributed by atoms with E-state index in [1.807, 2.05) is 25.4 Å². The van der Waals surface area contributed by atoms with Gasteiger partial charge in [0.15, 0.2) is 0 Å². The number of nitrogens with two attached hydrogens (primary N) is 1. The Hall–Kier alpha value is -1.89. The van der Waals surface area contributed by atoms with E-state index in [1.165, 1.54) is 0 Å². The maximum Gasteiger partial charge on any atom is 0.246 e. The predicted molar refractivity (Wildman–Crippen MR) is 89.4 cm³/mol. The second kappa shape index (κ2) is 5.72. The average molecular weight is 300 g/mol. The van der Waals surface area contributed by atoms with E-state index >= 15 is 0 Å². The fourth-order valence-corrected chi connectivity index (χ4v) is 3.38. The third-order valence-corrected chi connectivity index (χ3v) is 4.62. The Labute approximate surface area is 130 Å². The zero-order valence-electron chi connectivity index (χ0n) is 13.3. The molecule has 1 aliphatic rings. The van der Waals surface area contributed by atoms with Crippen LogP contribution < -0.4 is 16.8 Å². The van der Waals surface area contributed by atoms with Crippen molar-refractivity contribution in [3.63, 3.8) is 0 Å². The van der Waals surface area contributed by atoms with Gasteiger partial charge in [-0.2, -0.15) is 4.98 Å². The monoisotopic (exact) mass is 300 g/mol. The highest BCUT2D eigenvalue weighted by Gasteiger charge is 2.25. The fraction of sp³-hybridized carbons (Fsp3) is 0.533. The first-order valence-corrected chi connectivity index (χ1v) is 7.70. The van der Waals surface area contributed by atoms with Gasteiger partial charge in [-0.05, 0) is 38.1 Å². The Morgan fingerprint density at radius 2 is 2.00 bits per heavy atom. The Morgan fingerprint density at radius 1 is 1.32 bits per heavy atom. The number of aromatic nitrogens is 3. The van der Waals surface area contributed by atoms with Crippen molar-refractivity contribution < 1.29 is 4.74 Å². The van der Waals surface area contributed by atoms with E-state index in [0.29, 0.717) is 11.8 Å². The molecule has 1 aliphatic carbocycles. The van der Waals surface area contributed by atoms with E-state index in [9.17, 15) is 4.79 Å². The summed E-state index contributed by atoms with van der Waals surface area (Å²) in [5, 5.41) is 0.903. The van der Waals surface area contributed by atoms with Crippen LogP contribution >= 0.6 is 0 Å². The van der Waals surface area contributed by atoms with Gasteiger partial charge in [-0.3, -0.25) is 9.36 Å². The smallest absolute Gasteiger partial charge is 0.246 e. The Balaban J connectivity index is 2.16. The van der Waals surface area contributed by atoms with E-state index in [4.69, 9.17) is 10.5 Å². The second-order valence-electron chi connectivity index (χ2n) is 6.07. The van der Waals surface area contributed by atoms with Crippen LogP contribution in [0.2, 0.25) is 0 Å². The Kier molecular flexibility index (Phi) is 3.91. The van der Waals surface area contributed by atoms with Crippen LogP contribution in [0.1, 0.15) is 37.4 Å². The molecule has 0 aliphatic heterocycles. The summed E-state index contributed by atoms with van der Waals surface area (Å²) in [6.07, 6.45) is 4.05. The largest absolute Gasteiger partial charge is 0.381 e. The van der Waals surface area contributed by atoms with Crippen LogP contribution in [-0.4, -0.2) is 35.6 Å². The topological polar surface area (TPSA) is 83.0 Å². The van der Waals surface area contributed by atoms with Crippen LogP contribution in [0.5, 0.6) is 0 Å². The fourth-order valence-electron chi connectivity index (χ4n) is 3.38. The number of fused-ring (bicyclic) bond motifs is 1. The number of anilines is 1. The van der Waals surface area contributed by atoms with Gasteiger partial charge in [0.05, 0.1) is 11.8 Å². The molecule has 6 nitrogen and oxygen atoms in total. The van der Waals surface area contributed by atoms with E-state index in [1.54, 1.807) is 7.11 Å². The molecule has 3 rings (SSSR count). The molecule has 1 saturated carbocycles. The number of ether oxygens (including phenoxy) is 1. The van der Waals surface area contributed by atoms with Crippen LogP contribution in [0, 0.1) is 6.92 Å². The van der Waals surface area contributed by atoms with Crippen molar-refractivity contribution in [2.45, 2.75) is 44.8 Å². The van der Waals surface area contributed by atoms with Crippen LogP contribution in [-0.2, 0) is 4.74 Å². The molecular weight excluding hydrogens is 279 g/mol. The molecule has 0 saturated heterocycles. The van der Waals surface area contributed by atoms with Gasteiger partial charge in [0.25, 0.3) is 0 Å². The molecule has 22 heavy (non-hydrogen) atoms. The highest BCUT2D eigenvalue weighted by molar-refractivity contribution is 6.32. The van der Waals surface area contributed by atoms with Gasteiger partial charge in [0, 0.05) is 18.5 Å². The van der Waals surface area contributed by atoms with Gasteiger partial charge in [-0.15, -0.1) is 0 Å². The normalized spacial score (nSPS) is 22.1. The lowest BCUT2D eigenvalue weighted by atomic mass is 9.91. The van der Waals surface area contributed by atoms with E-state index in [0.717, 1.165) is 42.2 Å². The molecule has 2 N–H and O–H groups in total. The number of rotatable bonds is 2. The number of nitrogen functional groups attached to an aromatic ring is 1. The number of methoxy groups -OCH3 is 1. The maximum absolute atomic E-state index is 12.7. The van der Waals surface area contributed by atoms with Crippen molar-refractivity contribution in [2.75, 3.05) is 12.8 Å². The zero-order valence-corrected chi connectivity index (χ0v) is 13.3. The third-order valence-electron chi connectivity index (χ3n) is 4.62. The summed E-state index contributed by atoms with van der Waals surface area (Å²) in [4.78, 5) is 21.3. The highest BCUT2D eigenvalue weighted by Crippen LogP contribution is 2.30. The molecular formula is C15H21BN4O2. The first kappa shape index (κ1) is 15.0. The molecule has 116 valence electrons. The minimum Gasteiger partial charge on any atom is -0.381 e. The van der Waals surface area contributed by atoms with Crippen molar-refractivity contribution in [1.29, 1.82) is 0 Å². The molecule has 0 unspecified atom stereocenters. The lowest BCUT2D eigenvalue weighted by Crippen LogP contribution is -2.39. The molecule has 0 aromatic carbocycles. The molecule has 7 heteroatoms. The molecule has 0 atom stereocenters. The SMILES string of the molecule is Bc1cc2c(C)nc(N)nc2n([C@H]2CC[C@H](OC)CC2)c1=O. The van der Waals surface area contributed by atoms with E-state index < -0.39 is 0 Å². The molecule has 0 radical (unpaired) electrons. The predicted octanol–water partition coefficient (Wildman–Crippen LogP) is 0.0706. The average Bonchev–Trinajstić information content (AvgIpc) is 2.50. The zero-order chi connectivity index (χ0) is 15.9. The Morgan fingerprint density at radius 3 is 2.64 bits per heavy atom. The standard InChI is InChI=1S/C15H21BN4O2/c1-8-11-7-12(16)14(21)20(13(11)19-15(17)18-8)9-3-5-10(22-2)6-4-9/h7,9-10H,3-6,16H2,1-2H3,(H2,17,18,19)/t9-,10-. The van der Waals surface area contributed by atoms with Crippen molar-refractivity contribution in [3.05, 3.63) is 22.1 Å². The minimum atomic E-state index is 0.0193. The molecule has 0 amide bonds. The molecule has 2 aromatic rings. The van der Waals surface area contributed by atoms with Crippen molar-refractivity contribution in [2.24, 2.45) is 0 Å². The molecule has 0 bridgehead atoms. The summed E-state index contributed by atoms with van der Waals surface area (Å²) < 4.78 is 7.24. The van der Waals surface area contributed by atoms with Gasteiger partial charge >= 0.3 is 0 Å². The van der Waals surface area contributed by atoms with Crippen LogP contribution in [0.4, 0.5) is 5.95 Å². The first-order valence-electron chi connectivity index (χ1n) is 7.70. The molecule has 1 fully saturated rings. The number of aryl methyl sites for hydroxylation is 1. The Bertz CT molecular complexity index is 766. The molecule has 2 heterocycles. The first-order chi connectivity index (χ1) is 10.5. The van der Waals surface area contributed by atoms with Crippen molar-refractivity contribution >= 4 is 30.3 Å². The van der Waals surface area contributed by atoms with Crippen molar-refractivity contribution in [3.8, 4) is 0 Å². The van der Waals surface area contributed by atoms with Gasteiger partial charge < -0.3 is 10.5 Å². The lowest BCUT2D eigenvalue weighted by Gasteiger charge is -2.30. The number of pyridine rings is 1. The number of nitrogens with zero attached hydrogens (tertiary/aromatic N) is 3. The highest BCUT2D eigenvalue weighted by atomic mass is 16.5. The van der Waals surface area contributed by atoms with Gasteiger partial charge in [0.2, 0.25) is 11.5 Å². The number of hydrogen-bond donors (Lipinski definition) is 1. The van der Waals surface area contributed by atoms with E-state index in [2.05, 4.69) is 9.97 Å². The summed E-state index contributed by atoms with van der Waals surface area (Å²) in [6, 6.07) is 2.01. The summed E-state index contributed by atoms with van der Waals surface area (Å²) in [7, 11) is 3.59. The summed E-state index contributed by atoms with van der Waals surface area (Å²) in [5.74, 6) is 0.215. The van der Waals surface area contributed by atoms with Gasteiger partial charge in [-0.1, -0.05) is 6.07 Å². The second-order valence-corrected chi connectivity index (χ2v) is 6.07. The molecule has 2 aromatic heterocycles. The maximum atomic E-state index is 12.7. The number of hydrogen-bond acceptors (Lipinski definition) is 5. The van der Waals surface area contributed by atoms with Crippen LogP contribution in [0.3, 0.4) is 0 Å². The summed E-state index contributed by atoms with van der Waals surface area (Å²) in [6.45, 7) is 1.90. The minimum absolute atomic E-state index is 0.0193.